The van der Waals surface area contributed by atoms with Gasteiger partial charge in [-0.15, -0.1) is 0 Å². The minimum Gasteiger partial charge on any atom is -0.495 e. The molecule has 1 aromatic carbocycles. The van der Waals surface area contributed by atoms with Crippen molar-refractivity contribution in [3.05, 3.63) is 23.8 Å². The summed E-state index contributed by atoms with van der Waals surface area (Å²) in [7, 11) is -2.55. The van der Waals surface area contributed by atoms with Crippen LogP contribution >= 0.6 is 0 Å². The van der Waals surface area contributed by atoms with Crippen molar-refractivity contribution < 1.29 is 17.9 Å². The second-order valence-electron chi connectivity index (χ2n) is 3.19. The molecule has 0 radical (unpaired) electrons. The number of hydrogen-bond donors (Lipinski definition) is 1. The molecule has 0 atom stereocenters. The Labute approximate surface area is 94.3 Å². The summed E-state index contributed by atoms with van der Waals surface area (Å²) in [5.41, 5.74) is 0.312. The number of nitrogens with two attached hydrogens (primary N) is 1. The fraction of sp³-hybridized carbons (Fsp3) is 0.300. The summed E-state index contributed by atoms with van der Waals surface area (Å²) in [4.78, 5) is 11.2. The summed E-state index contributed by atoms with van der Waals surface area (Å²) < 4.78 is 27.4. The van der Waals surface area contributed by atoms with E-state index in [0.717, 1.165) is 0 Å². The predicted molar refractivity (Wildman–Crippen MR) is 59.0 cm³/mol. The summed E-state index contributed by atoms with van der Waals surface area (Å²) >= 11 is 0. The van der Waals surface area contributed by atoms with E-state index in [0.29, 0.717) is 12.0 Å². The van der Waals surface area contributed by atoms with Crippen LogP contribution in [0.1, 0.15) is 23.7 Å². The van der Waals surface area contributed by atoms with Crippen molar-refractivity contribution in [2.24, 2.45) is 5.14 Å². The van der Waals surface area contributed by atoms with E-state index < -0.39 is 10.0 Å². The molecule has 0 aliphatic carbocycles. The van der Waals surface area contributed by atoms with E-state index in [1.807, 2.05) is 0 Å². The van der Waals surface area contributed by atoms with Gasteiger partial charge in [0.15, 0.2) is 5.78 Å². The number of primary sulfonamides is 1. The lowest BCUT2D eigenvalue weighted by Gasteiger charge is -2.07. The lowest BCUT2D eigenvalue weighted by Crippen LogP contribution is -2.14. The Kier molecular flexibility index (Phi) is 3.66. The van der Waals surface area contributed by atoms with E-state index in [4.69, 9.17) is 9.88 Å². The Morgan fingerprint density at radius 2 is 2.06 bits per heavy atom. The van der Waals surface area contributed by atoms with Gasteiger partial charge in [0.25, 0.3) is 0 Å². The van der Waals surface area contributed by atoms with Gasteiger partial charge in [-0.2, -0.15) is 0 Å². The number of sulfonamides is 1. The summed E-state index contributed by atoms with van der Waals surface area (Å²) in [5.74, 6) is -0.0114. The molecule has 88 valence electrons. The molecule has 1 rings (SSSR count). The number of ketones is 1. The largest absolute Gasteiger partial charge is 0.495 e. The number of carbonyl (C=O) groups is 1. The number of ether oxygens (including phenoxy) is 1. The second kappa shape index (κ2) is 4.63. The number of methoxy groups -OCH3 is 1. The van der Waals surface area contributed by atoms with Gasteiger partial charge in [-0.1, -0.05) is 6.92 Å². The van der Waals surface area contributed by atoms with Crippen LogP contribution in [0.25, 0.3) is 0 Å². The van der Waals surface area contributed by atoms with E-state index in [2.05, 4.69) is 0 Å². The Balaban J connectivity index is 3.39. The van der Waals surface area contributed by atoms with Crippen LogP contribution in [-0.4, -0.2) is 21.3 Å². The maximum Gasteiger partial charge on any atom is 0.241 e. The van der Waals surface area contributed by atoms with Crippen LogP contribution in [0.5, 0.6) is 5.75 Å². The monoisotopic (exact) mass is 243 g/mol. The summed E-state index contributed by atoms with van der Waals surface area (Å²) in [6.07, 6.45) is 0.302. The quantitative estimate of drug-likeness (QED) is 0.797. The number of rotatable bonds is 4. The molecule has 0 saturated carbocycles. The first-order valence-corrected chi connectivity index (χ1v) is 6.18. The number of benzene rings is 1. The minimum absolute atomic E-state index is 0.134. The van der Waals surface area contributed by atoms with Crippen molar-refractivity contribution in [2.45, 2.75) is 18.2 Å². The number of carbonyl (C=O) groups excluding carboxylic acids is 1. The third kappa shape index (κ3) is 2.59. The number of Topliss-reactive ketones (excluding diaryl/α,β-unsaturated/α-hetero) is 1. The molecule has 0 saturated heterocycles. The van der Waals surface area contributed by atoms with E-state index in [9.17, 15) is 13.2 Å². The first-order valence-electron chi connectivity index (χ1n) is 4.64. The Morgan fingerprint density at radius 1 is 1.44 bits per heavy atom. The Morgan fingerprint density at radius 3 is 2.50 bits per heavy atom. The standard InChI is InChI=1S/C10H13NO4S/c1-3-8(12)7-4-5-9(15-2)10(6-7)16(11,13)14/h4-6H,3H2,1-2H3,(H2,11,13,14). The SMILES string of the molecule is CCC(=O)c1ccc(OC)c(S(N)(=O)=O)c1. The molecule has 0 aromatic heterocycles. The van der Waals surface area contributed by atoms with Gasteiger partial charge < -0.3 is 4.74 Å². The normalized spacial score (nSPS) is 11.2. The fourth-order valence-corrected chi connectivity index (χ4v) is 2.00. The smallest absolute Gasteiger partial charge is 0.241 e. The first-order chi connectivity index (χ1) is 7.40. The lowest BCUT2D eigenvalue weighted by molar-refractivity contribution is 0.0988. The molecule has 2 N–H and O–H groups in total. The molecule has 0 heterocycles. The molecule has 0 aliphatic heterocycles. The van der Waals surface area contributed by atoms with Gasteiger partial charge in [0.1, 0.15) is 10.6 Å². The maximum absolute atomic E-state index is 11.4. The molecular weight excluding hydrogens is 230 g/mol. The minimum atomic E-state index is -3.89. The third-order valence-electron chi connectivity index (χ3n) is 2.11. The molecule has 16 heavy (non-hydrogen) atoms. The van der Waals surface area contributed by atoms with E-state index >= 15 is 0 Å². The zero-order chi connectivity index (χ0) is 12.3. The summed E-state index contributed by atoms with van der Waals surface area (Å²) in [6, 6.07) is 4.17. The molecular formula is C10H13NO4S. The Hall–Kier alpha value is -1.40. The highest BCUT2D eigenvalue weighted by atomic mass is 32.2. The fourth-order valence-electron chi connectivity index (χ4n) is 1.28. The molecule has 6 heteroatoms. The van der Waals surface area contributed by atoms with Crippen LogP contribution in [0.15, 0.2) is 23.1 Å². The summed E-state index contributed by atoms with van der Waals surface area (Å²) in [5, 5.41) is 5.02. The van der Waals surface area contributed by atoms with Gasteiger partial charge in [-0.3, -0.25) is 4.79 Å². The van der Waals surface area contributed by atoms with Crippen molar-refractivity contribution in [3.63, 3.8) is 0 Å². The van der Waals surface area contributed by atoms with Crippen LogP contribution < -0.4 is 9.88 Å². The maximum atomic E-state index is 11.4. The van der Waals surface area contributed by atoms with Gasteiger partial charge in [0.05, 0.1) is 7.11 Å². The van der Waals surface area contributed by atoms with Gasteiger partial charge in [0, 0.05) is 12.0 Å². The zero-order valence-corrected chi connectivity index (χ0v) is 9.87. The van der Waals surface area contributed by atoms with Crippen molar-refractivity contribution in [2.75, 3.05) is 7.11 Å². The van der Waals surface area contributed by atoms with Crippen LogP contribution in [0.2, 0.25) is 0 Å². The van der Waals surface area contributed by atoms with E-state index in [-0.39, 0.29) is 16.4 Å². The highest BCUT2D eigenvalue weighted by Gasteiger charge is 2.17. The molecule has 1 aromatic rings. The van der Waals surface area contributed by atoms with E-state index in [1.54, 1.807) is 6.92 Å². The van der Waals surface area contributed by atoms with Crippen molar-refractivity contribution in [1.82, 2.24) is 0 Å². The van der Waals surface area contributed by atoms with Crippen LogP contribution in [-0.2, 0) is 10.0 Å². The molecule has 5 nitrogen and oxygen atoms in total. The van der Waals surface area contributed by atoms with Crippen molar-refractivity contribution in [3.8, 4) is 5.75 Å². The summed E-state index contributed by atoms with van der Waals surface area (Å²) in [6.45, 7) is 1.70. The number of hydrogen-bond acceptors (Lipinski definition) is 4. The average Bonchev–Trinajstić information content (AvgIpc) is 2.26. The molecule has 0 spiro atoms. The van der Waals surface area contributed by atoms with Gasteiger partial charge in [-0.25, -0.2) is 13.6 Å². The third-order valence-corrected chi connectivity index (χ3v) is 3.05. The van der Waals surface area contributed by atoms with Gasteiger partial charge >= 0.3 is 0 Å². The van der Waals surface area contributed by atoms with Crippen molar-refractivity contribution in [1.29, 1.82) is 0 Å². The van der Waals surface area contributed by atoms with Crippen LogP contribution in [0.3, 0.4) is 0 Å². The molecule has 0 fully saturated rings. The molecule has 0 bridgehead atoms. The molecule has 0 aliphatic rings. The van der Waals surface area contributed by atoms with Crippen LogP contribution in [0.4, 0.5) is 0 Å². The van der Waals surface area contributed by atoms with Crippen molar-refractivity contribution >= 4 is 15.8 Å². The van der Waals surface area contributed by atoms with Crippen LogP contribution in [0, 0.1) is 0 Å². The first kappa shape index (κ1) is 12.7. The van der Waals surface area contributed by atoms with Gasteiger partial charge in [0.2, 0.25) is 10.0 Å². The highest BCUT2D eigenvalue weighted by Crippen LogP contribution is 2.24. The second-order valence-corrected chi connectivity index (χ2v) is 4.72. The zero-order valence-electron chi connectivity index (χ0n) is 9.06. The van der Waals surface area contributed by atoms with E-state index in [1.165, 1.54) is 25.3 Å². The Bertz CT molecular complexity index is 508. The average molecular weight is 243 g/mol. The topological polar surface area (TPSA) is 86.5 Å². The highest BCUT2D eigenvalue weighted by molar-refractivity contribution is 7.89. The predicted octanol–water partition coefficient (Wildman–Crippen LogP) is 0.935. The van der Waals surface area contributed by atoms with Gasteiger partial charge in [-0.05, 0) is 18.2 Å². The molecule has 0 unspecified atom stereocenters. The molecule has 0 amide bonds. The lowest BCUT2D eigenvalue weighted by atomic mass is 10.1.